The Morgan fingerprint density at radius 1 is 1.58 bits per heavy atom. The number of aromatic nitrogens is 2. The number of nitrogens with zero attached hydrogens (tertiary/aromatic N) is 2. The van der Waals surface area contributed by atoms with Gasteiger partial charge >= 0.3 is 0 Å². The van der Waals surface area contributed by atoms with Gasteiger partial charge in [0.05, 0.1) is 0 Å². The highest BCUT2D eigenvalue weighted by Gasteiger charge is 2.14. The Hall–Kier alpha value is -1.12. The summed E-state index contributed by atoms with van der Waals surface area (Å²) in [6.45, 7) is 0.895. The highest BCUT2D eigenvalue weighted by Crippen LogP contribution is 2.17. The van der Waals surface area contributed by atoms with E-state index >= 15 is 0 Å². The number of aryl methyl sites for hydroxylation is 2. The molecular weight excluding hydrogens is 152 g/mol. The summed E-state index contributed by atoms with van der Waals surface area (Å²) in [6, 6.07) is 2.03. The van der Waals surface area contributed by atoms with Gasteiger partial charge < -0.3 is 4.79 Å². The molecule has 1 atom stereocenters. The molecule has 12 heavy (non-hydrogen) atoms. The number of aldehydes is 1. The molecule has 1 aliphatic heterocycles. The molecule has 2 heterocycles. The summed E-state index contributed by atoms with van der Waals surface area (Å²) < 4.78 is 2.00. The van der Waals surface area contributed by atoms with E-state index in [1.165, 1.54) is 5.69 Å². The van der Waals surface area contributed by atoms with Crippen molar-refractivity contribution in [3.05, 3.63) is 18.0 Å². The lowest BCUT2D eigenvalue weighted by Crippen LogP contribution is -2.04. The van der Waals surface area contributed by atoms with Crippen molar-refractivity contribution in [2.75, 3.05) is 0 Å². The van der Waals surface area contributed by atoms with Gasteiger partial charge in [-0.3, -0.25) is 4.68 Å². The molecule has 0 fully saturated rings. The van der Waals surface area contributed by atoms with Gasteiger partial charge in [0, 0.05) is 24.4 Å². The molecule has 0 bridgehead atoms. The van der Waals surface area contributed by atoms with Crippen molar-refractivity contribution in [3.8, 4) is 0 Å². The monoisotopic (exact) mass is 164 g/mol. The number of carbonyl (C=O) groups excluding carboxylic acids is 1. The molecule has 1 aromatic rings. The van der Waals surface area contributed by atoms with Crippen molar-refractivity contribution < 1.29 is 4.79 Å². The van der Waals surface area contributed by atoms with Crippen LogP contribution in [0.15, 0.2) is 12.3 Å². The second-order valence-corrected chi connectivity index (χ2v) is 3.27. The molecule has 0 spiro atoms. The predicted octanol–water partition coefficient (Wildman–Crippen LogP) is 1.03. The maximum absolute atomic E-state index is 10.6. The first kappa shape index (κ1) is 7.53. The molecule has 0 radical (unpaired) electrons. The molecule has 1 aromatic heterocycles. The zero-order valence-corrected chi connectivity index (χ0v) is 6.94. The Bertz CT molecular complexity index is 257. The first-order valence-corrected chi connectivity index (χ1v) is 4.36. The van der Waals surface area contributed by atoms with Crippen LogP contribution in [-0.4, -0.2) is 16.1 Å². The van der Waals surface area contributed by atoms with E-state index in [2.05, 4.69) is 5.10 Å². The molecule has 0 aromatic carbocycles. The van der Waals surface area contributed by atoms with E-state index in [1.54, 1.807) is 0 Å². The summed E-state index contributed by atoms with van der Waals surface area (Å²) in [5.41, 5.74) is 1.26. The molecule has 0 N–H and O–H groups in total. The molecule has 0 saturated heterocycles. The van der Waals surface area contributed by atoms with E-state index < -0.39 is 0 Å². The van der Waals surface area contributed by atoms with Gasteiger partial charge in [-0.05, 0) is 25.3 Å². The molecule has 3 heteroatoms. The molecule has 0 saturated carbocycles. The van der Waals surface area contributed by atoms with Crippen LogP contribution in [0.3, 0.4) is 0 Å². The van der Waals surface area contributed by atoms with Gasteiger partial charge in [-0.15, -0.1) is 0 Å². The molecule has 0 amide bonds. The van der Waals surface area contributed by atoms with Crippen LogP contribution in [0.25, 0.3) is 0 Å². The number of fused-ring (bicyclic) bond motifs is 1. The van der Waals surface area contributed by atoms with Crippen molar-refractivity contribution in [1.29, 1.82) is 0 Å². The zero-order chi connectivity index (χ0) is 8.39. The summed E-state index contributed by atoms with van der Waals surface area (Å²) in [7, 11) is 0. The zero-order valence-electron chi connectivity index (χ0n) is 6.94. The van der Waals surface area contributed by atoms with Crippen LogP contribution in [0.5, 0.6) is 0 Å². The second-order valence-electron chi connectivity index (χ2n) is 3.27. The lowest BCUT2D eigenvalue weighted by molar-refractivity contribution is -0.111. The lowest BCUT2D eigenvalue weighted by Gasteiger charge is -2.02. The van der Waals surface area contributed by atoms with E-state index in [0.717, 1.165) is 32.1 Å². The third-order valence-electron chi connectivity index (χ3n) is 2.48. The van der Waals surface area contributed by atoms with Crippen LogP contribution >= 0.6 is 0 Å². The van der Waals surface area contributed by atoms with Crippen LogP contribution in [0.4, 0.5) is 0 Å². The maximum Gasteiger partial charge on any atom is 0.123 e. The van der Waals surface area contributed by atoms with Gasteiger partial charge in [0.25, 0.3) is 0 Å². The van der Waals surface area contributed by atoms with Crippen LogP contribution in [-0.2, 0) is 17.8 Å². The first-order valence-electron chi connectivity index (χ1n) is 4.36. The fourth-order valence-corrected chi connectivity index (χ4v) is 1.68. The summed E-state index contributed by atoms with van der Waals surface area (Å²) in [5.74, 6) is 0.242. The van der Waals surface area contributed by atoms with Gasteiger partial charge in [-0.25, -0.2) is 0 Å². The number of rotatable bonds is 1. The van der Waals surface area contributed by atoms with Crippen LogP contribution < -0.4 is 0 Å². The largest absolute Gasteiger partial charge is 0.303 e. The fraction of sp³-hybridized carbons (Fsp3) is 0.556. The lowest BCUT2D eigenvalue weighted by atomic mass is 10.0. The standard InChI is InChI=1S/C9H12N2O/c12-7-8-1-2-9-3-5-10-11(9)6-4-8/h3,5,7-8H,1-2,4,6H2. The first-order chi connectivity index (χ1) is 5.90. The highest BCUT2D eigenvalue weighted by molar-refractivity contribution is 5.53. The molecule has 3 nitrogen and oxygen atoms in total. The summed E-state index contributed by atoms with van der Waals surface area (Å²) in [4.78, 5) is 10.6. The van der Waals surface area contributed by atoms with Crippen molar-refractivity contribution >= 4 is 6.29 Å². The van der Waals surface area contributed by atoms with E-state index in [4.69, 9.17) is 0 Å². The van der Waals surface area contributed by atoms with Crippen molar-refractivity contribution in [1.82, 2.24) is 9.78 Å². The van der Waals surface area contributed by atoms with Gasteiger partial charge in [0.1, 0.15) is 6.29 Å². The summed E-state index contributed by atoms with van der Waals surface area (Å²) in [5, 5.41) is 4.19. The Morgan fingerprint density at radius 3 is 3.33 bits per heavy atom. The van der Waals surface area contributed by atoms with E-state index in [-0.39, 0.29) is 5.92 Å². The number of carbonyl (C=O) groups is 1. The van der Waals surface area contributed by atoms with Crippen molar-refractivity contribution in [3.63, 3.8) is 0 Å². The highest BCUT2D eigenvalue weighted by atomic mass is 16.1. The smallest absolute Gasteiger partial charge is 0.123 e. The predicted molar refractivity (Wildman–Crippen MR) is 44.7 cm³/mol. The summed E-state index contributed by atoms with van der Waals surface area (Å²) in [6.07, 6.45) is 5.82. The van der Waals surface area contributed by atoms with E-state index in [9.17, 15) is 4.79 Å². The Morgan fingerprint density at radius 2 is 2.50 bits per heavy atom. The molecule has 1 unspecified atom stereocenters. The summed E-state index contributed by atoms with van der Waals surface area (Å²) >= 11 is 0. The quantitative estimate of drug-likeness (QED) is 0.581. The van der Waals surface area contributed by atoms with Gasteiger partial charge in [0.15, 0.2) is 0 Å². The van der Waals surface area contributed by atoms with Crippen LogP contribution in [0, 0.1) is 5.92 Å². The van der Waals surface area contributed by atoms with Crippen molar-refractivity contribution in [2.45, 2.75) is 25.8 Å². The van der Waals surface area contributed by atoms with Gasteiger partial charge in [0.2, 0.25) is 0 Å². The normalized spacial score (nSPS) is 22.8. The van der Waals surface area contributed by atoms with Gasteiger partial charge in [-0.2, -0.15) is 5.10 Å². The van der Waals surface area contributed by atoms with Crippen molar-refractivity contribution in [2.24, 2.45) is 5.92 Å². The van der Waals surface area contributed by atoms with E-state index in [0.29, 0.717) is 0 Å². The average Bonchev–Trinajstić information content (AvgIpc) is 2.46. The Kier molecular flexibility index (Phi) is 1.94. The Balaban J connectivity index is 2.15. The fourth-order valence-electron chi connectivity index (χ4n) is 1.68. The average molecular weight is 164 g/mol. The Labute approximate surface area is 71.4 Å². The van der Waals surface area contributed by atoms with Crippen LogP contribution in [0.1, 0.15) is 18.5 Å². The molecular formula is C9H12N2O. The SMILES string of the molecule is O=CC1CCc2ccnn2CC1. The topological polar surface area (TPSA) is 34.9 Å². The van der Waals surface area contributed by atoms with Gasteiger partial charge in [-0.1, -0.05) is 0 Å². The molecule has 0 aliphatic carbocycles. The molecule has 1 aliphatic rings. The second kappa shape index (κ2) is 3.09. The number of hydrogen-bond donors (Lipinski definition) is 0. The minimum atomic E-state index is 0.242. The third kappa shape index (κ3) is 1.26. The minimum absolute atomic E-state index is 0.242. The van der Waals surface area contributed by atoms with Crippen LogP contribution in [0.2, 0.25) is 0 Å². The third-order valence-corrected chi connectivity index (χ3v) is 2.48. The van der Waals surface area contributed by atoms with E-state index in [1.807, 2.05) is 16.9 Å². The molecule has 64 valence electrons. The number of hydrogen-bond acceptors (Lipinski definition) is 2. The molecule has 2 rings (SSSR count). The minimum Gasteiger partial charge on any atom is -0.303 e. The maximum atomic E-state index is 10.6.